The van der Waals surface area contributed by atoms with Crippen molar-refractivity contribution >= 4 is 26.6 Å². The monoisotopic (exact) mass is 349 g/mol. The van der Waals surface area contributed by atoms with E-state index in [2.05, 4.69) is 28.7 Å². The van der Waals surface area contributed by atoms with Crippen LogP contribution in [-0.4, -0.2) is 50.4 Å². The molecule has 6 nitrogen and oxygen atoms in total. The SMILES string of the molecule is CC(C)C1CN(c2ncnc3ccc(S(C)(=O)=O)cc23)CCCO1. The predicted octanol–water partition coefficient (Wildman–Crippen LogP) is 2.28. The molecule has 0 N–H and O–H groups in total. The first-order valence-electron chi connectivity index (χ1n) is 8.17. The summed E-state index contributed by atoms with van der Waals surface area (Å²) in [6, 6.07) is 5.01. The van der Waals surface area contributed by atoms with Crippen molar-refractivity contribution in [3.63, 3.8) is 0 Å². The number of hydrogen-bond acceptors (Lipinski definition) is 6. The fraction of sp³-hybridized carbons (Fsp3) is 0.529. The van der Waals surface area contributed by atoms with Gasteiger partial charge in [-0.2, -0.15) is 0 Å². The summed E-state index contributed by atoms with van der Waals surface area (Å²) in [7, 11) is -3.27. The minimum Gasteiger partial charge on any atom is -0.376 e. The summed E-state index contributed by atoms with van der Waals surface area (Å²) in [5, 5.41) is 0.768. The number of hydrogen-bond donors (Lipinski definition) is 0. The largest absolute Gasteiger partial charge is 0.376 e. The molecule has 7 heteroatoms. The van der Waals surface area contributed by atoms with Crippen molar-refractivity contribution in [2.75, 3.05) is 30.9 Å². The molecule has 2 heterocycles. The summed E-state index contributed by atoms with van der Waals surface area (Å²) < 4.78 is 29.7. The van der Waals surface area contributed by atoms with Crippen LogP contribution in [-0.2, 0) is 14.6 Å². The van der Waals surface area contributed by atoms with E-state index in [-0.39, 0.29) is 11.0 Å². The molecule has 2 aromatic rings. The summed E-state index contributed by atoms with van der Waals surface area (Å²) in [5.74, 6) is 1.19. The quantitative estimate of drug-likeness (QED) is 0.846. The fourth-order valence-corrected chi connectivity index (χ4v) is 3.60. The van der Waals surface area contributed by atoms with Gasteiger partial charge in [0.05, 0.1) is 16.5 Å². The molecular weight excluding hydrogens is 326 g/mol. The Morgan fingerprint density at radius 1 is 1.29 bits per heavy atom. The van der Waals surface area contributed by atoms with Gasteiger partial charge in [-0.15, -0.1) is 0 Å². The maximum Gasteiger partial charge on any atom is 0.175 e. The zero-order valence-corrected chi connectivity index (χ0v) is 15.1. The van der Waals surface area contributed by atoms with Crippen LogP contribution in [0, 0.1) is 5.92 Å². The zero-order chi connectivity index (χ0) is 17.3. The molecule has 1 aliphatic heterocycles. The predicted molar refractivity (Wildman–Crippen MR) is 94.1 cm³/mol. The molecule has 0 amide bonds. The van der Waals surface area contributed by atoms with Crippen LogP contribution in [0.4, 0.5) is 5.82 Å². The molecular formula is C17H23N3O3S. The van der Waals surface area contributed by atoms with Gasteiger partial charge in [0.1, 0.15) is 12.1 Å². The standard InChI is InChI=1S/C17H23N3O3S/c1-12(2)16-10-20(7-4-8-23-16)17-14-9-13(24(3,21)22)5-6-15(14)18-11-19-17/h5-6,9,11-12,16H,4,7-8,10H2,1-3H3. The van der Waals surface area contributed by atoms with Crippen molar-refractivity contribution in [3.8, 4) is 0 Å². The van der Waals surface area contributed by atoms with Crippen molar-refractivity contribution in [2.24, 2.45) is 5.92 Å². The maximum absolute atomic E-state index is 11.9. The molecule has 0 spiro atoms. The van der Waals surface area contributed by atoms with Crippen molar-refractivity contribution in [1.82, 2.24) is 9.97 Å². The van der Waals surface area contributed by atoms with E-state index in [0.29, 0.717) is 5.92 Å². The topological polar surface area (TPSA) is 72.4 Å². The van der Waals surface area contributed by atoms with Crippen LogP contribution in [0.1, 0.15) is 20.3 Å². The normalized spacial score (nSPS) is 19.7. The molecule has 3 rings (SSSR count). The van der Waals surface area contributed by atoms with Gasteiger partial charge < -0.3 is 9.64 Å². The summed E-state index contributed by atoms with van der Waals surface area (Å²) in [5.41, 5.74) is 0.749. The molecule has 1 aliphatic rings. The minimum atomic E-state index is -3.27. The van der Waals surface area contributed by atoms with Crippen molar-refractivity contribution < 1.29 is 13.2 Å². The van der Waals surface area contributed by atoms with Gasteiger partial charge in [0.2, 0.25) is 0 Å². The molecule has 24 heavy (non-hydrogen) atoms. The van der Waals surface area contributed by atoms with Crippen LogP contribution in [0.25, 0.3) is 10.9 Å². The lowest BCUT2D eigenvalue weighted by molar-refractivity contribution is 0.0375. The van der Waals surface area contributed by atoms with Gasteiger partial charge in [-0.1, -0.05) is 13.8 Å². The Bertz CT molecular complexity index is 836. The lowest BCUT2D eigenvalue weighted by Gasteiger charge is -2.27. The summed E-state index contributed by atoms with van der Waals surface area (Å²) in [6.45, 7) is 6.60. The number of fused-ring (bicyclic) bond motifs is 1. The Labute approximate surface area is 142 Å². The lowest BCUT2D eigenvalue weighted by atomic mass is 10.1. The van der Waals surface area contributed by atoms with E-state index in [1.165, 1.54) is 12.6 Å². The first-order valence-corrected chi connectivity index (χ1v) is 10.1. The van der Waals surface area contributed by atoms with Gasteiger partial charge in [-0.05, 0) is 30.5 Å². The second-order valence-corrected chi connectivity index (χ2v) is 8.62. The van der Waals surface area contributed by atoms with Crippen molar-refractivity contribution in [2.45, 2.75) is 31.3 Å². The van der Waals surface area contributed by atoms with Crippen LogP contribution < -0.4 is 4.90 Å². The maximum atomic E-state index is 11.9. The average Bonchev–Trinajstić information content (AvgIpc) is 2.79. The molecule has 0 aliphatic carbocycles. The Hall–Kier alpha value is -1.73. The summed E-state index contributed by atoms with van der Waals surface area (Å²) >= 11 is 0. The molecule has 0 saturated carbocycles. The Kier molecular flexibility index (Phi) is 4.73. The fourth-order valence-electron chi connectivity index (χ4n) is 2.95. The smallest absolute Gasteiger partial charge is 0.175 e. The van der Waals surface area contributed by atoms with Crippen molar-refractivity contribution in [3.05, 3.63) is 24.5 Å². The van der Waals surface area contributed by atoms with Crippen molar-refractivity contribution in [1.29, 1.82) is 0 Å². The third kappa shape index (κ3) is 3.52. The summed E-state index contributed by atoms with van der Waals surface area (Å²) in [6.07, 6.45) is 3.80. The van der Waals surface area contributed by atoms with Crippen LogP contribution in [0.2, 0.25) is 0 Å². The number of aromatic nitrogens is 2. The molecule has 0 radical (unpaired) electrons. The van der Waals surface area contributed by atoms with Crippen LogP contribution in [0.5, 0.6) is 0 Å². The Balaban J connectivity index is 2.07. The highest BCUT2D eigenvalue weighted by Crippen LogP contribution is 2.27. The molecule has 1 aromatic carbocycles. The van der Waals surface area contributed by atoms with Crippen LogP contribution in [0.15, 0.2) is 29.4 Å². The first-order chi connectivity index (χ1) is 11.4. The number of sulfone groups is 1. The molecule has 1 fully saturated rings. The number of anilines is 1. The average molecular weight is 349 g/mol. The third-order valence-electron chi connectivity index (χ3n) is 4.36. The second-order valence-electron chi connectivity index (χ2n) is 6.60. The van der Waals surface area contributed by atoms with E-state index in [1.54, 1.807) is 18.2 Å². The van der Waals surface area contributed by atoms with E-state index in [1.807, 2.05) is 0 Å². The highest BCUT2D eigenvalue weighted by Gasteiger charge is 2.24. The summed E-state index contributed by atoms with van der Waals surface area (Å²) in [4.78, 5) is 11.2. The number of benzene rings is 1. The van der Waals surface area contributed by atoms with Gasteiger partial charge in [0.25, 0.3) is 0 Å². The van der Waals surface area contributed by atoms with Gasteiger partial charge in [0, 0.05) is 31.3 Å². The molecule has 1 unspecified atom stereocenters. The molecule has 0 bridgehead atoms. The zero-order valence-electron chi connectivity index (χ0n) is 14.3. The minimum absolute atomic E-state index is 0.135. The first kappa shape index (κ1) is 17.1. The van der Waals surface area contributed by atoms with Crippen LogP contribution >= 0.6 is 0 Å². The molecule has 130 valence electrons. The van der Waals surface area contributed by atoms with Gasteiger partial charge >= 0.3 is 0 Å². The molecule has 1 atom stereocenters. The molecule has 1 aromatic heterocycles. The van der Waals surface area contributed by atoms with Gasteiger partial charge in [-0.25, -0.2) is 18.4 Å². The number of nitrogens with zero attached hydrogens (tertiary/aromatic N) is 3. The van der Waals surface area contributed by atoms with E-state index >= 15 is 0 Å². The highest BCUT2D eigenvalue weighted by molar-refractivity contribution is 7.90. The number of ether oxygens (including phenoxy) is 1. The Morgan fingerprint density at radius 3 is 2.79 bits per heavy atom. The second kappa shape index (κ2) is 6.64. The van der Waals surface area contributed by atoms with E-state index in [0.717, 1.165) is 42.8 Å². The lowest BCUT2D eigenvalue weighted by Crippen LogP contribution is -2.35. The van der Waals surface area contributed by atoms with E-state index in [4.69, 9.17) is 4.74 Å². The highest BCUT2D eigenvalue weighted by atomic mass is 32.2. The van der Waals surface area contributed by atoms with E-state index in [9.17, 15) is 8.42 Å². The van der Waals surface area contributed by atoms with Gasteiger partial charge in [-0.3, -0.25) is 0 Å². The number of rotatable bonds is 3. The third-order valence-corrected chi connectivity index (χ3v) is 5.47. The van der Waals surface area contributed by atoms with Gasteiger partial charge in [0.15, 0.2) is 9.84 Å². The molecule has 1 saturated heterocycles. The van der Waals surface area contributed by atoms with E-state index < -0.39 is 9.84 Å². The van der Waals surface area contributed by atoms with Crippen LogP contribution in [0.3, 0.4) is 0 Å². The Morgan fingerprint density at radius 2 is 2.08 bits per heavy atom.